The summed E-state index contributed by atoms with van der Waals surface area (Å²) < 4.78 is 7.89. The summed E-state index contributed by atoms with van der Waals surface area (Å²) in [4.78, 5) is 12.3. The van der Waals surface area contributed by atoms with E-state index in [1.54, 1.807) is 0 Å². The second kappa shape index (κ2) is 4.48. The van der Waals surface area contributed by atoms with Crippen molar-refractivity contribution in [3.8, 4) is 0 Å². The van der Waals surface area contributed by atoms with Crippen molar-refractivity contribution < 1.29 is 9.53 Å². The lowest BCUT2D eigenvalue weighted by Gasteiger charge is -2.33. The predicted octanol–water partition coefficient (Wildman–Crippen LogP) is 3.30. The van der Waals surface area contributed by atoms with Gasteiger partial charge in [-0.3, -0.25) is 4.79 Å². The van der Waals surface area contributed by atoms with E-state index in [0.717, 1.165) is 38.0 Å². The molecule has 0 bridgehead atoms. The van der Waals surface area contributed by atoms with Crippen molar-refractivity contribution in [2.75, 3.05) is 13.2 Å². The van der Waals surface area contributed by atoms with Crippen LogP contribution in [-0.2, 0) is 11.2 Å². The van der Waals surface area contributed by atoms with Gasteiger partial charge in [0.15, 0.2) is 5.78 Å². The van der Waals surface area contributed by atoms with E-state index in [1.807, 2.05) is 0 Å². The lowest BCUT2D eigenvalue weighted by Crippen LogP contribution is -2.30. The van der Waals surface area contributed by atoms with Gasteiger partial charge in [-0.15, -0.1) is 0 Å². The molecule has 0 N–H and O–H groups in total. The van der Waals surface area contributed by atoms with Crippen LogP contribution in [0.15, 0.2) is 6.07 Å². The van der Waals surface area contributed by atoms with Crippen molar-refractivity contribution in [2.24, 2.45) is 5.41 Å². The van der Waals surface area contributed by atoms with Crippen molar-refractivity contribution >= 4 is 5.78 Å². The molecule has 3 nitrogen and oxygen atoms in total. The Bertz CT molecular complexity index is 507. The summed E-state index contributed by atoms with van der Waals surface area (Å²) in [5.41, 5.74) is 3.58. The van der Waals surface area contributed by atoms with Crippen LogP contribution in [0.25, 0.3) is 0 Å². The first kappa shape index (κ1) is 12.9. The van der Waals surface area contributed by atoms with Crippen molar-refractivity contribution in [2.45, 2.75) is 52.5 Å². The van der Waals surface area contributed by atoms with Gasteiger partial charge in [-0.05, 0) is 37.7 Å². The number of rotatable bonds is 1. The number of ether oxygens (including phenoxy) is 1. The number of fused-ring (bicyclic) bond motifs is 1. The van der Waals surface area contributed by atoms with Gasteiger partial charge in [0.25, 0.3) is 0 Å². The lowest BCUT2D eigenvalue weighted by atomic mass is 9.76. The maximum Gasteiger partial charge on any atom is 0.165 e. The highest BCUT2D eigenvalue weighted by Crippen LogP contribution is 2.38. The van der Waals surface area contributed by atoms with E-state index in [2.05, 4.69) is 31.4 Å². The largest absolute Gasteiger partial charge is 0.381 e. The maximum atomic E-state index is 12.3. The molecule has 1 fully saturated rings. The van der Waals surface area contributed by atoms with Crippen LogP contribution in [0.5, 0.6) is 0 Å². The number of nitrogens with zero attached hydrogens (tertiary/aromatic N) is 1. The predicted molar refractivity (Wildman–Crippen MR) is 74.7 cm³/mol. The first-order chi connectivity index (χ1) is 8.98. The lowest BCUT2D eigenvalue weighted by molar-refractivity contribution is 0.0676. The fourth-order valence-corrected chi connectivity index (χ4v) is 3.62. The molecule has 2 aliphatic rings. The molecule has 0 radical (unpaired) electrons. The molecule has 1 aromatic rings. The van der Waals surface area contributed by atoms with Crippen LogP contribution >= 0.6 is 0 Å². The Morgan fingerprint density at radius 1 is 1.26 bits per heavy atom. The number of hydrogen-bond donors (Lipinski definition) is 0. The van der Waals surface area contributed by atoms with Crippen molar-refractivity contribution in [1.82, 2.24) is 4.57 Å². The molecule has 2 heterocycles. The van der Waals surface area contributed by atoms with Gasteiger partial charge in [-0.1, -0.05) is 13.8 Å². The second-order valence-corrected chi connectivity index (χ2v) is 6.80. The number of Topliss-reactive ketones (excluding diaryl/α,β-unsaturated/α-hetero) is 1. The van der Waals surface area contributed by atoms with Gasteiger partial charge >= 0.3 is 0 Å². The Balaban J connectivity index is 2.04. The minimum atomic E-state index is 0.0950. The molecule has 0 spiro atoms. The van der Waals surface area contributed by atoms with Gasteiger partial charge in [0.05, 0.1) is 0 Å². The van der Waals surface area contributed by atoms with E-state index in [1.165, 1.54) is 11.4 Å². The van der Waals surface area contributed by atoms with Gasteiger partial charge in [0, 0.05) is 42.6 Å². The molecular formula is C16H23NO2. The van der Waals surface area contributed by atoms with E-state index in [0.29, 0.717) is 18.2 Å². The topological polar surface area (TPSA) is 31.2 Å². The van der Waals surface area contributed by atoms with Crippen LogP contribution in [0.1, 0.15) is 60.9 Å². The second-order valence-electron chi connectivity index (χ2n) is 6.80. The zero-order valence-corrected chi connectivity index (χ0v) is 12.2. The van der Waals surface area contributed by atoms with Crippen LogP contribution in [0.3, 0.4) is 0 Å². The highest BCUT2D eigenvalue weighted by molar-refractivity contribution is 5.99. The summed E-state index contributed by atoms with van der Waals surface area (Å²) in [6.07, 6.45) is 3.82. The van der Waals surface area contributed by atoms with E-state index in [9.17, 15) is 4.79 Å². The van der Waals surface area contributed by atoms with Crippen LogP contribution in [0, 0.1) is 12.3 Å². The monoisotopic (exact) mass is 261 g/mol. The van der Waals surface area contributed by atoms with Gasteiger partial charge < -0.3 is 9.30 Å². The number of aryl methyl sites for hydroxylation is 1. The Hall–Kier alpha value is -1.09. The smallest absolute Gasteiger partial charge is 0.165 e. The quantitative estimate of drug-likeness (QED) is 0.776. The third-order valence-corrected chi connectivity index (χ3v) is 4.48. The zero-order chi connectivity index (χ0) is 13.6. The Morgan fingerprint density at radius 3 is 2.63 bits per heavy atom. The first-order valence-corrected chi connectivity index (χ1v) is 7.29. The Kier molecular flexibility index (Phi) is 3.05. The minimum Gasteiger partial charge on any atom is -0.381 e. The molecule has 0 amide bonds. The third-order valence-electron chi connectivity index (χ3n) is 4.48. The zero-order valence-electron chi connectivity index (χ0n) is 12.2. The van der Waals surface area contributed by atoms with E-state index in [4.69, 9.17) is 4.74 Å². The third kappa shape index (κ3) is 2.25. The average Bonchev–Trinajstić information content (AvgIpc) is 2.65. The summed E-state index contributed by atoms with van der Waals surface area (Å²) >= 11 is 0. The molecule has 0 aromatic carbocycles. The van der Waals surface area contributed by atoms with E-state index >= 15 is 0 Å². The molecule has 0 atom stereocenters. The van der Waals surface area contributed by atoms with Gasteiger partial charge in [0.2, 0.25) is 0 Å². The molecule has 1 aliphatic heterocycles. The standard InChI is InChI=1S/C16H23NO2/c1-11-8-13-14(9-16(2,3)10-15(13)18)17(11)12-4-6-19-7-5-12/h8,12H,4-7,9-10H2,1-3H3. The summed E-state index contributed by atoms with van der Waals surface area (Å²) in [5, 5.41) is 0. The molecule has 3 heteroatoms. The summed E-state index contributed by atoms with van der Waals surface area (Å²) in [6, 6.07) is 2.61. The molecule has 1 aliphatic carbocycles. The summed E-state index contributed by atoms with van der Waals surface area (Å²) in [5.74, 6) is 0.320. The van der Waals surface area contributed by atoms with E-state index in [-0.39, 0.29) is 5.41 Å². The number of aromatic nitrogens is 1. The molecule has 104 valence electrons. The first-order valence-electron chi connectivity index (χ1n) is 7.29. The van der Waals surface area contributed by atoms with Crippen LogP contribution in [0.2, 0.25) is 0 Å². The van der Waals surface area contributed by atoms with Crippen molar-refractivity contribution in [3.05, 3.63) is 23.0 Å². The van der Waals surface area contributed by atoms with Crippen LogP contribution < -0.4 is 0 Å². The van der Waals surface area contributed by atoms with Gasteiger partial charge in [-0.25, -0.2) is 0 Å². The van der Waals surface area contributed by atoms with E-state index < -0.39 is 0 Å². The maximum absolute atomic E-state index is 12.3. The molecular weight excluding hydrogens is 238 g/mol. The molecule has 19 heavy (non-hydrogen) atoms. The number of carbonyl (C=O) groups excluding carboxylic acids is 1. The summed E-state index contributed by atoms with van der Waals surface area (Å²) in [6.45, 7) is 8.21. The highest BCUT2D eigenvalue weighted by Gasteiger charge is 2.35. The number of carbonyl (C=O) groups is 1. The molecule has 0 saturated carbocycles. The SMILES string of the molecule is Cc1cc2c(n1C1CCOCC1)CC(C)(C)CC2=O. The number of ketones is 1. The van der Waals surface area contributed by atoms with Crippen LogP contribution in [-0.4, -0.2) is 23.6 Å². The highest BCUT2D eigenvalue weighted by atomic mass is 16.5. The van der Waals surface area contributed by atoms with Crippen molar-refractivity contribution in [1.29, 1.82) is 0 Å². The van der Waals surface area contributed by atoms with Crippen LogP contribution in [0.4, 0.5) is 0 Å². The minimum absolute atomic E-state index is 0.0950. The average molecular weight is 261 g/mol. The molecule has 0 unspecified atom stereocenters. The summed E-state index contributed by atoms with van der Waals surface area (Å²) in [7, 11) is 0. The van der Waals surface area contributed by atoms with Crippen molar-refractivity contribution in [3.63, 3.8) is 0 Å². The van der Waals surface area contributed by atoms with Gasteiger partial charge in [-0.2, -0.15) is 0 Å². The normalized spacial score (nSPS) is 23.4. The fourth-order valence-electron chi connectivity index (χ4n) is 3.62. The van der Waals surface area contributed by atoms with Gasteiger partial charge in [0.1, 0.15) is 0 Å². The molecule has 3 rings (SSSR count). The molecule has 1 aromatic heterocycles. The Morgan fingerprint density at radius 2 is 1.95 bits per heavy atom. The fraction of sp³-hybridized carbons (Fsp3) is 0.688. The number of hydrogen-bond acceptors (Lipinski definition) is 2. The molecule has 1 saturated heterocycles. The Labute approximate surface area is 114 Å².